The second kappa shape index (κ2) is 6.85. The van der Waals surface area contributed by atoms with E-state index in [0.717, 1.165) is 13.1 Å². The summed E-state index contributed by atoms with van der Waals surface area (Å²) in [6.45, 7) is 2.51. The molecule has 0 spiro atoms. The highest BCUT2D eigenvalue weighted by Crippen LogP contribution is 2.24. The SMILES string of the molecule is OC[C@@H]1[C@@H](OCc2ccccc2)CN1Cc1ccccc1. The number of ether oxygens (including phenoxy) is 1. The van der Waals surface area contributed by atoms with Gasteiger partial charge in [-0.2, -0.15) is 0 Å². The molecule has 0 bridgehead atoms. The molecule has 0 aliphatic carbocycles. The molecule has 0 radical (unpaired) electrons. The second-order valence-corrected chi connectivity index (χ2v) is 5.50. The third kappa shape index (κ3) is 3.50. The minimum Gasteiger partial charge on any atom is -0.395 e. The van der Waals surface area contributed by atoms with Crippen molar-refractivity contribution in [2.75, 3.05) is 13.2 Å². The number of aliphatic hydroxyl groups is 1. The van der Waals surface area contributed by atoms with Gasteiger partial charge in [0.1, 0.15) is 0 Å². The van der Waals surface area contributed by atoms with Crippen molar-refractivity contribution >= 4 is 0 Å². The number of hydrogen-bond acceptors (Lipinski definition) is 3. The van der Waals surface area contributed by atoms with Crippen LogP contribution < -0.4 is 0 Å². The fourth-order valence-corrected chi connectivity index (χ4v) is 2.76. The van der Waals surface area contributed by atoms with Gasteiger partial charge in [0, 0.05) is 13.1 Å². The van der Waals surface area contributed by atoms with Crippen LogP contribution in [0.25, 0.3) is 0 Å². The standard InChI is InChI=1S/C18H21NO2/c20-13-17-18(21-14-16-9-5-2-6-10-16)12-19(17)11-15-7-3-1-4-8-15/h1-10,17-18,20H,11-14H2/t17-,18+/m1/s1. The van der Waals surface area contributed by atoms with E-state index < -0.39 is 0 Å². The smallest absolute Gasteiger partial charge is 0.0884 e. The lowest BCUT2D eigenvalue weighted by molar-refractivity contribution is -0.128. The predicted octanol–water partition coefficient (Wildman–Crippen LogP) is 2.45. The Morgan fingerprint density at radius 1 is 0.952 bits per heavy atom. The molecular weight excluding hydrogens is 262 g/mol. The highest BCUT2D eigenvalue weighted by molar-refractivity contribution is 5.16. The highest BCUT2D eigenvalue weighted by atomic mass is 16.5. The van der Waals surface area contributed by atoms with Crippen molar-refractivity contribution in [1.29, 1.82) is 0 Å². The first-order valence-corrected chi connectivity index (χ1v) is 7.41. The largest absolute Gasteiger partial charge is 0.395 e. The van der Waals surface area contributed by atoms with Crippen molar-refractivity contribution in [3.05, 3.63) is 71.8 Å². The van der Waals surface area contributed by atoms with Gasteiger partial charge in [-0.1, -0.05) is 60.7 Å². The zero-order chi connectivity index (χ0) is 14.5. The van der Waals surface area contributed by atoms with Crippen LogP contribution >= 0.6 is 0 Å². The van der Waals surface area contributed by atoms with Crippen molar-refractivity contribution in [1.82, 2.24) is 4.90 Å². The van der Waals surface area contributed by atoms with Gasteiger partial charge in [0.25, 0.3) is 0 Å². The molecule has 1 aliphatic heterocycles. The summed E-state index contributed by atoms with van der Waals surface area (Å²) in [5, 5.41) is 9.58. The van der Waals surface area contributed by atoms with E-state index in [1.807, 2.05) is 36.4 Å². The Morgan fingerprint density at radius 3 is 2.19 bits per heavy atom. The van der Waals surface area contributed by atoms with Gasteiger partial charge >= 0.3 is 0 Å². The van der Waals surface area contributed by atoms with Gasteiger partial charge in [-0.05, 0) is 11.1 Å². The summed E-state index contributed by atoms with van der Waals surface area (Å²) in [6, 6.07) is 20.6. The van der Waals surface area contributed by atoms with Gasteiger partial charge in [0.05, 0.1) is 25.4 Å². The molecular formula is C18H21NO2. The van der Waals surface area contributed by atoms with Crippen LogP contribution in [-0.2, 0) is 17.9 Å². The van der Waals surface area contributed by atoms with Gasteiger partial charge in [-0.15, -0.1) is 0 Å². The molecule has 1 saturated heterocycles. The van der Waals surface area contributed by atoms with E-state index in [0.29, 0.717) is 6.61 Å². The van der Waals surface area contributed by atoms with E-state index >= 15 is 0 Å². The fraction of sp³-hybridized carbons (Fsp3) is 0.333. The molecule has 110 valence electrons. The van der Waals surface area contributed by atoms with E-state index in [-0.39, 0.29) is 18.8 Å². The average molecular weight is 283 g/mol. The van der Waals surface area contributed by atoms with Crippen LogP contribution in [0.3, 0.4) is 0 Å². The Morgan fingerprint density at radius 2 is 1.57 bits per heavy atom. The molecule has 3 heteroatoms. The van der Waals surface area contributed by atoms with E-state index in [2.05, 4.69) is 29.2 Å². The topological polar surface area (TPSA) is 32.7 Å². The van der Waals surface area contributed by atoms with Gasteiger partial charge in [-0.25, -0.2) is 0 Å². The summed E-state index contributed by atoms with van der Waals surface area (Å²) in [7, 11) is 0. The molecule has 2 aromatic rings. The zero-order valence-electron chi connectivity index (χ0n) is 12.1. The highest BCUT2D eigenvalue weighted by Gasteiger charge is 2.38. The number of rotatable bonds is 6. The summed E-state index contributed by atoms with van der Waals surface area (Å²) >= 11 is 0. The van der Waals surface area contributed by atoms with Crippen molar-refractivity contribution in [3.63, 3.8) is 0 Å². The average Bonchev–Trinajstić information content (AvgIpc) is 2.52. The Bertz CT molecular complexity index is 544. The number of aliphatic hydroxyl groups excluding tert-OH is 1. The molecule has 1 N–H and O–H groups in total. The van der Waals surface area contributed by atoms with Crippen LogP contribution in [0.1, 0.15) is 11.1 Å². The van der Waals surface area contributed by atoms with Crippen LogP contribution in [0.4, 0.5) is 0 Å². The normalized spacial score (nSPS) is 22.0. The number of nitrogens with zero attached hydrogens (tertiary/aromatic N) is 1. The predicted molar refractivity (Wildman–Crippen MR) is 82.7 cm³/mol. The number of hydrogen-bond donors (Lipinski definition) is 1. The van der Waals surface area contributed by atoms with E-state index in [4.69, 9.17) is 4.74 Å². The Hall–Kier alpha value is -1.68. The quantitative estimate of drug-likeness (QED) is 0.884. The van der Waals surface area contributed by atoms with Crippen LogP contribution in [-0.4, -0.2) is 35.3 Å². The first-order valence-electron chi connectivity index (χ1n) is 7.41. The van der Waals surface area contributed by atoms with Crippen molar-refractivity contribution in [2.45, 2.75) is 25.3 Å². The molecule has 2 aromatic carbocycles. The fourth-order valence-electron chi connectivity index (χ4n) is 2.76. The van der Waals surface area contributed by atoms with Gasteiger partial charge < -0.3 is 9.84 Å². The van der Waals surface area contributed by atoms with Crippen LogP contribution in [0, 0.1) is 0 Å². The van der Waals surface area contributed by atoms with Crippen LogP contribution in [0.2, 0.25) is 0 Å². The van der Waals surface area contributed by atoms with E-state index in [1.165, 1.54) is 11.1 Å². The molecule has 1 heterocycles. The Labute approximate surface area is 125 Å². The van der Waals surface area contributed by atoms with Crippen molar-refractivity contribution in [3.8, 4) is 0 Å². The Balaban J connectivity index is 1.51. The first-order chi connectivity index (χ1) is 10.4. The third-order valence-electron chi connectivity index (χ3n) is 4.04. The van der Waals surface area contributed by atoms with Crippen LogP contribution in [0.15, 0.2) is 60.7 Å². The molecule has 0 unspecified atom stereocenters. The molecule has 1 fully saturated rings. The monoisotopic (exact) mass is 283 g/mol. The lowest BCUT2D eigenvalue weighted by atomic mass is 9.98. The van der Waals surface area contributed by atoms with E-state index in [9.17, 15) is 5.11 Å². The number of likely N-dealkylation sites (tertiary alicyclic amines) is 1. The van der Waals surface area contributed by atoms with E-state index in [1.54, 1.807) is 0 Å². The minimum atomic E-state index is 0.105. The van der Waals surface area contributed by atoms with Gasteiger partial charge in [0.15, 0.2) is 0 Å². The first kappa shape index (κ1) is 14.3. The maximum absolute atomic E-state index is 9.58. The molecule has 0 saturated carbocycles. The lowest BCUT2D eigenvalue weighted by Crippen LogP contribution is -2.62. The molecule has 2 atom stereocenters. The van der Waals surface area contributed by atoms with Crippen molar-refractivity contribution < 1.29 is 9.84 Å². The molecule has 3 nitrogen and oxygen atoms in total. The summed E-state index contributed by atoms with van der Waals surface area (Å²) in [6.07, 6.45) is 0.124. The summed E-state index contributed by atoms with van der Waals surface area (Å²) in [5.41, 5.74) is 2.45. The zero-order valence-corrected chi connectivity index (χ0v) is 12.1. The van der Waals surface area contributed by atoms with Crippen molar-refractivity contribution in [2.24, 2.45) is 0 Å². The molecule has 3 rings (SSSR count). The summed E-state index contributed by atoms with van der Waals surface area (Å²) in [4.78, 5) is 2.27. The maximum atomic E-state index is 9.58. The van der Waals surface area contributed by atoms with Gasteiger partial charge in [0.2, 0.25) is 0 Å². The Kier molecular flexibility index (Phi) is 4.65. The maximum Gasteiger partial charge on any atom is 0.0884 e. The molecule has 0 amide bonds. The van der Waals surface area contributed by atoms with Gasteiger partial charge in [-0.3, -0.25) is 4.90 Å². The molecule has 0 aromatic heterocycles. The number of benzene rings is 2. The minimum absolute atomic E-state index is 0.105. The molecule has 21 heavy (non-hydrogen) atoms. The third-order valence-corrected chi connectivity index (χ3v) is 4.04. The van der Waals surface area contributed by atoms with Crippen LogP contribution in [0.5, 0.6) is 0 Å². The summed E-state index contributed by atoms with van der Waals surface area (Å²) in [5.74, 6) is 0. The molecule has 1 aliphatic rings. The summed E-state index contributed by atoms with van der Waals surface area (Å²) < 4.78 is 5.93. The lowest BCUT2D eigenvalue weighted by Gasteiger charge is -2.47. The second-order valence-electron chi connectivity index (χ2n) is 5.50.